The highest BCUT2D eigenvalue weighted by Crippen LogP contribution is 2.36. The number of nitrogens with one attached hydrogen (secondary N) is 1. The number of halogens is 3. The van der Waals surface area contributed by atoms with Gasteiger partial charge in [-0.05, 0) is 24.1 Å². The average Bonchev–Trinajstić information content (AvgIpc) is 3.08. The van der Waals surface area contributed by atoms with Crippen LogP contribution in [-0.2, 0) is 12.7 Å². The lowest BCUT2D eigenvalue weighted by Crippen LogP contribution is -2.24. The molecule has 0 radical (unpaired) electrons. The second-order valence-corrected chi connectivity index (χ2v) is 5.53. The van der Waals surface area contributed by atoms with Crippen molar-refractivity contribution >= 4 is 0 Å². The zero-order valence-electron chi connectivity index (χ0n) is 11.7. The summed E-state index contributed by atoms with van der Waals surface area (Å²) >= 11 is 0. The molecule has 1 aromatic carbocycles. The van der Waals surface area contributed by atoms with Gasteiger partial charge in [-0.15, -0.1) is 0 Å². The largest absolute Gasteiger partial charge is 0.416 e. The Labute approximate surface area is 125 Å². The molecule has 1 aromatic heterocycles. The van der Waals surface area contributed by atoms with E-state index in [2.05, 4.69) is 9.97 Å². The minimum Gasteiger partial charge on any atom is -0.392 e. The first kappa shape index (κ1) is 15.1. The summed E-state index contributed by atoms with van der Waals surface area (Å²) in [4.78, 5) is 8.87. The molecule has 2 aromatic rings. The van der Waals surface area contributed by atoms with Gasteiger partial charge < -0.3 is 10.1 Å². The Bertz CT molecular complexity index is 627. The van der Waals surface area contributed by atoms with Crippen LogP contribution < -0.4 is 0 Å². The molecule has 0 amide bonds. The smallest absolute Gasteiger partial charge is 0.392 e. The molecule has 0 aliphatic carbocycles. The van der Waals surface area contributed by atoms with Crippen LogP contribution in [0.1, 0.15) is 29.3 Å². The summed E-state index contributed by atoms with van der Waals surface area (Å²) in [5, 5.41) is 9.90. The van der Waals surface area contributed by atoms with Gasteiger partial charge in [-0.25, -0.2) is 4.98 Å². The Balaban J connectivity index is 1.85. The molecule has 3 rings (SSSR count). The number of nitrogens with zero attached hydrogens (tertiary/aromatic N) is 2. The van der Waals surface area contributed by atoms with E-state index in [-0.39, 0.29) is 6.04 Å². The van der Waals surface area contributed by atoms with Gasteiger partial charge in [0.05, 0.1) is 18.0 Å². The van der Waals surface area contributed by atoms with Gasteiger partial charge in [-0.3, -0.25) is 4.90 Å². The van der Waals surface area contributed by atoms with Gasteiger partial charge in [-0.1, -0.05) is 12.1 Å². The van der Waals surface area contributed by atoms with Crippen molar-refractivity contribution in [2.45, 2.75) is 31.3 Å². The second kappa shape index (κ2) is 5.73. The molecule has 0 spiro atoms. The fraction of sp³-hybridized carbons (Fsp3) is 0.400. The van der Waals surface area contributed by atoms with Gasteiger partial charge in [0, 0.05) is 31.0 Å². The first-order valence-corrected chi connectivity index (χ1v) is 7.00. The summed E-state index contributed by atoms with van der Waals surface area (Å²) in [5.41, 5.74) is 0.782. The predicted octanol–water partition coefficient (Wildman–Crippen LogP) is 2.74. The average molecular weight is 311 g/mol. The van der Waals surface area contributed by atoms with Gasteiger partial charge in [0.1, 0.15) is 0 Å². The van der Waals surface area contributed by atoms with Crippen LogP contribution in [0.15, 0.2) is 36.8 Å². The summed E-state index contributed by atoms with van der Waals surface area (Å²) in [6.45, 7) is 0.942. The number of alkyl halides is 3. The maximum atomic E-state index is 12.9. The SMILES string of the molecule is O[C@H]1C[C@H](c2cccc(C(F)(F)F)c2)N(Cc2cnc[nH]2)C1. The third kappa shape index (κ3) is 3.15. The van der Waals surface area contributed by atoms with Crippen LogP contribution in [0.3, 0.4) is 0 Å². The van der Waals surface area contributed by atoms with Crippen molar-refractivity contribution in [1.29, 1.82) is 0 Å². The van der Waals surface area contributed by atoms with Gasteiger partial charge >= 0.3 is 6.18 Å². The summed E-state index contributed by atoms with van der Waals surface area (Å²) in [6.07, 6.45) is -1.24. The Morgan fingerprint density at radius 3 is 2.86 bits per heavy atom. The number of H-pyrrole nitrogens is 1. The number of benzene rings is 1. The number of hydrogen-bond donors (Lipinski definition) is 2. The number of rotatable bonds is 3. The van der Waals surface area contributed by atoms with Crippen molar-refractivity contribution in [3.8, 4) is 0 Å². The van der Waals surface area contributed by atoms with Crippen molar-refractivity contribution in [2.24, 2.45) is 0 Å². The third-order valence-electron chi connectivity index (χ3n) is 3.91. The van der Waals surface area contributed by atoms with E-state index in [9.17, 15) is 18.3 Å². The number of β-amino-alcohol motifs (C(OH)–C–C–N with tert-alkyl or cyclic N) is 1. The van der Waals surface area contributed by atoms with Crippen LogP contribution in [-0.4, -0.2) is 32.6 Å². The molecule has 22 heavy (non-hydrogen) atoms. The molecule has 0 bridgehead atoms. The fourth-order valence-corrected chi connectivity index (χ4v) is 2.91. The van der Waals surface area contributed by atoms with Gasteiger partial charge in [0.2, 0.25) is 0 Å². The molecule has 2 atom stereocenters. The first-order chi connectivity index (χ1) is 10.4. The zero-order valence-corrected chi connectivity index (χ0v) is 11.7. The maximum absolute atomic E-state index is 12.9. The molecule has 4 nitrogen and oxygen atoms in total. The standard InChI is InChI=1S/C15H16F3N3O/c16-15(17,18)11-3-1-2-10(4-11)14-5-13(22)8-21(14)7-12-6-19-9-20-12/h1-4,6,9,13-14,22H,5,7-8H2,(H,19,20)/t13-,14+/m0/s1. The highest BCUT2D eigenvalue weighted by molar-refractivity contribution is 5.29. The Morgan fingerprint density at radius 2 is 2.18 bits per heavy atom. The minimum atomic E-state index is -4.36. The number of aromatic amines is 1. The molecular weight excluding hydrogens is 295 g/mol. The third-order valence-corrected chi connectivity index (χ3v) is 3.91. The van der Waals surface area contributed by atoms with Crippen LogP contribution in [0.25, 0.3) is 0 Å². The zero-order chi connectivity index (χ0) is 15.7. The lowest BCUT2D eigenvalue weighted by Gasteiger charge is -2.24. The van der Waals surface area contributed by atoms with Gasteiger partial charge in [0.25, 0.3) is 0 Å². The van der Waals surface area contributed by atoms with E-state index < -0.39 is 17.8 Å². The van der Waals surface area contributed by atoms with Gasteiger partial charge in [0.15, 0.2) is 0 Å². The maximum Gasteiger partial charge on any atom is 0.416 e. The molecule has 1 aliphatic heterocycles. The highest BCUT2D eigenvalue weighted by Gasteiger charge is 2.35. The van der Waals surface area contributed by atoms with Crippen LogP contribution in [0, 0.1) is 0 Å². The molecule has 0 saturated carbocycles. The predicted molar refractivity (Wildman–Crippen MR) is 73.8 cm³/mol. The molecule has 2 heterocycles. The number of aliphatic hydroxyl groups excluding tert-OH is 1. The van der Waals surface area contributed by atoms with E-state index >= 15 is 0 Å². The summed E-state index contributed by atoms with van der Waals surface area (Å²) in [7, 11) is 0. The van der Waals surface area contributed by atoms with E-state index in [1.807, 2.05) is 4.90 Å². The first-order valence-electron chi connectivity index (χ1n) is 7.00. The second-order valence-electron chi connectivity index (χ2n) is 5.53. The molecular formula is C15H16F3N3O. The van der Waals surface area contributed by atoms with Crippen LogP contribution in [0.2, 0.25) is 0 Å². The monoisotopic (exact) mass is 311 g/mol. The van der Waals surface area contributed by atoms with E-state index in [1.54, 1.807) is 18.6 Å². The summed E-state index contributed by atoms with van der Waals surface area (Å²) in [5.74, 6) is 0. The minimum absolute atomic E-state index is 0.236. The van der Waals surface area contributed by atoms with Crippen LogP contribution in [0.5, 0.6) is 0 Å². The van der Waals surface area contributed by atoms with Crippen molar-refractivity contribution in [2.75, 3.05) is 6.54 Å². The quantitative estimate of drug-likeness (QED) is 0.916. The van der Waals surface area contributed by atoms with E-state index in [0.29, 0.717) is 25.1 Å². The number of aromatic nitrogens is 2. The number of hydrogen-bond acceptors (Lipinski definition) is 3. The molecule has 7 heteroatoms. The number of imidazole rings is 1. The lowest BCUT2D eigenvalue weighted by molar-refractivity contribution is -0.137. The molecule has 1 aliphatic rings. The summed E-state index contributed by atoms with van der Waals surface area (Å²) in [6, 6.07) is 5.09. The van der Waals surface area contributed by atoms with Crippen molar-refractivity contribution in [1.82, 2.24) is 14.9 Å². The molecule has 0 unspecified atom stereocenters. The Kier molecular flexibility index (Phi) is 3.92. The normalized spacial score (nSPS) is 23.1. The topological polar surface area (TPSA) is 52.1 Å². The molecule has 118 valence electrons. The van der Waals surface area contributed by atoms with Crippen molar-refractivity contribution in [3.05, 3.63) is 53.6 Å². The molecule has 2 N–H and O–H groups in total. The van der Waals surface area contributed by atoms with E-state index in [4.69, 9.17) is 0 Å². The van der Waals surface area contributed by atoms with E-state index in [1.165, 1.54) is 12.1 Å². The lowest BCUT2D eigenvalue weighted by atomic mass is 10.0. The van der Waals surface area contributed by atoms with Gasteiger partial charge in [-0.2, -0.15) is 13.2 Å². The van der Waals surface area contributed by atoms with Crippen molar-refractivity contribution in [3.63, 3.8) is 0 Å². The number of likely N-dealkylation sites (tertiary alicyclic amines) is 1. The highest BCUT2D eigenvalue weighted by atomic mass is 19.4. The fourth-order valence-electron chi connectivity index (χ4n) is 2.91. The number of aliphatic hydroxyl groups is 1. The molecule has 1 fully saturated rings. The van der Waals surface area contributed by atoms with Crippen molar-refractivity contribution < 1.29 is 18.3 Å². The van der Waals surface area contributed by atoms with E-state index in [0.717, 1.165) is 11.8 Å². The Hall–Kier alpha value is -1.86. The Morgan fingerprint density at radius 1 is 1.36 bits per heavy atom. The summed E-state index contributed by atoms with van der Waals surface area (Å²) < 4.78 is 38.6. The van der Waals surface area contributed by atoms with Crippen LogP contribution >= 0.6 is 0 Å². The molecule has 1 saturated heterocycles. The van der Waals surface area contributed by atoms with Crippen LogP contribution in [0.4, 0.5) is 13.2 Å².